The first-order chi connectivity index (χ1) is 10.4. The zero-order chi connectivity index (χ0) is 16.5. The van der Waals surface area contributed by atoms with Gasteiger partial charge in [0.05, 0.1) is 5.92 Å². The Kier molecular flexibility index (Phi) is 11.6. The number of carbonyl (C=O) groups excluding carboxylic acids is 2. The zero-order valence-electron chi connectivity index (χ0n) is 15.5. The van der Waals surface area contributed by atoms with Gasteiger partial charge in [-0.3, -0.25) is 9.59 Å². The maximum Gasteiger partial charge on any atom is 1.00 e. The Morgan fingerprint density at radius 1 is 1.04 bits per heavy atom. The summed E-state index contributed by atoms with van der Waals surface area (Å²) < 4.78 is 0. The molecule has 1 fully saturated rings. The molecule has 1 aliphatic heterocycles. The summed E-state index contributed by atoms with van der Waals surface area (Å²) in [6, 6.07) is 1.000. The Balaban J connectivity index is 0.000000522. The van der Waals surface area contributed by atoms with Crippen molar-refractivity contribution in [3.8, 4) is 0 Å². The van der Waals surface area contributed by atoms with E-state index in [2.05, 4.69) is 38.3 Å². The van der Waals surface area contributed by atoms with Crippen LogP contribution >= 0.6 is 0 Å². The normalized spacial score (nSPS) is 21.7. The Hall–Kier alpha value is -0.563. The third-order valence-corrected chi connectivity index (χ3v) is 3.81. The topological polar surface area (TPSA) is 60.3 Å². The van der Waals surface area contributed by atoms with Crippen molar-refractivity contribution < 1.29 is 28.4 Å². The third-order valence-electron chi connectivity index (χ3n) is 3.81. The van der Waals surface area contributed by atoms with Gasteiger partial charge in [-0.25, -0.2) is 0 Å². The molecule has 5 heteroatoms. The molecule has 1 unspecified atom stereocenters. The number of amides is 1. The first-order valence-electron chi connectivity index (χ1n) is 8.61. The number of nitrogens with zero attached hydrogens (tertiary/aromatic N) is 1. The molecule has 0 aromatic heterocycles. The molecule has 0 aromatic carbocycles. The molecule has 1 atom stereocenters. The van der Waals surface area contributed by atoms with Gasteiger partial charge in [0.1, 0.15) is 0 Å². The van der Waals surface area contributed by atoms with E-state index >= 15 is 0 Å². The standard InChI is InChI=1S/C12H17NO2.C6H14N.Li/c14-10-5-3-4-9(8-10)11-6-1-2-7-13-12(11)15;1-5(2)7-6(3)4;/h8,11H,1-7H2,(H,13,15);5-6H,1-4H3;/q;-1;+1. The molecule has 0 bridgehead atoms. The molecule has 1 saturated heterocycles. The van der Waals surface area contributed by atoms with E-state index in [4.69, 9.17) is 0 Å². The summed E-state index contributed by atoms with van der Waals surface area (Å²) in [7, 11) is 0. The first kappa shape index (κ1) is 22.4. The number of carbonyl (C=O) groups is 2. The van der Waals surface area contributed by atoms with Crippen LogP contribution in [-0.2, 0) is 9.59 Å². The van der Waals surface area contributed by atoms with Gasteiger partial charge >= 0.3 is 18.9 Å². The summed E-state index contributed by atoms with van der Waals surface area (Å²) in [6.07, 6.45) is 7.23. The number of rotatable bonds is 3. The van der Waals surface area contributed by atoms with E-state index in [1.165, 1.54) is 0 Å². The fourth-order valence-corrected chi connectivity index (χ4v) is 2.98. The average Bonchev–Trinajstić information content (AvgIpc) is 2.62. The largest absolute Gasteiger partial charge is 1.00 e. The van der Waals surface area contributed by atoms with E-state index in [0.717, 1.165) is 44.2 Å². The maximum absolute atomic E-state index is 11.8. The van der Waals surface area contributed by atoms with Gasteiger partial charge in [0.2, 0.25) is 5.91 Å². The fraction of sp³-hybridized carbons (Fsp3) is 0.778. The van der Waals surface area contributed by atoms with Gasteiger partial charge in [0, 0.05) is 13.0 Å². The second-order valence-corrected chi connectivity index (χ2v) is 6.72. The summed E-state index contributed by atoms with van der Waals surface area (Å²) in [5, 5.41) is 7.19. The minimum atomic E-state index is -0.0308. The minimum Gasteiger partial charge on any atom is -0.658 e. The van der Waals surface area contributed by atoms with Crippen LogP contribution in [0.5, 0.6) is 0 Å². The number of allylic oxidation sites excluding steroid dienone is 1. The van der Waals surface area contributed by atoms with E-state index in [1.807, 2.05) is 0 Å². The van der Waals surface area contributed by atoms with Crippen LogP contribution in [0.4, 0.5) is 0 Å². The molecule has 2 aliphatic rings. The van der Waals surface area contributed by atoms with E-state index in [-0.39, 0.29) is 36.5 Å². The van der Waals surface area contributed by atoms with Crippen LogP contribution in [0.3, 0.4) is 0 Å². The maximum atomic E-state index is 11.8. The van der Waals surface area contributed by atoms with Crippen molar-refractivity contribution in [3.05, 3.63) is 17.0 Å². The van der Waals surface area contributed by atoms with Crippen molar-refractivity contribution >= 4 is 11.7 Å². The average molecular weight is 314 g/mol. The van der Waals surface area contributed by atoms with E-state index in [0.29, 0.717) is 18.5 Å². The van der Waals surface area contributed by atoms with Crippen molar-refractivity contribution in [2.24, 2.45) is 5.92 Å². The molecule has 126 valence electrons. The Morgan fingerprint density at radius 3 is 2.22 bits per heavy atom. The van der Waals surface area contributed by atoms with Crippen molar-refractivity contribution in [1.82, 2.24) is 5.32 Å². The van der Waals surface area contributed by atoms with E-state index in [9.17, 15) is 9.59 Å². The molecular formula is C18H31LiN2O2. The predicted molar refractivity (Wildman–Crippen MR) is 90.9 cm³/mol. The van der Waals surface area contributed by atoms with Crippen LogP contribution < -0.4 is 24.2 Å². The monoisotopic (exact) mass is 314 g/mol. The summed E-state index contributed by atoms with van der Waals surface area (Å²) in [6.45, 7) is 9.18. The molecule has 2 rings (SSSR count). The van der Waals surface area contributed by atoms with Gasteiger partial charge in [0.15, 0.2) is 5.78 Å². The van der Waals surface area contributed by atoms with Gasteiger partial charge in [-0.15, -0.1) is 12.1 Å². The third kappa shape index (κ3) is 9.35. The number of hydrogen-bond donors (Lipinski definition) is 1. The first-order valence-corrected chi connectivity index (χ1v) is 8.61. The Labute approximate surface area is 153 Å². The summed E-state index contributed by atoms with van der Waals surface area (Å²) >= 11 is 0. The summed E-state index contributed by atoms with van der Waals surface area (Å²) in [4.78, 5) is 23.1. The van der Waals surface area contributed by atoms with Crippen molar-refractivity contribution in [2.75, 3.05) is 6.54 Å². The molecule has 1 heterocycles. The van der Waals surface area contributed by atoms with E-state index in [1.54, 1.807) is 6.08 Å². The summed E-state index contributed by atoms with van der Waals surface area (Å²) in [5.74, 6) is 0.276. The van der Waals surface area contributed by atoms with Crippen LogP contribution in [0.1, 0.15) is 66.2 Å². The Morgan fingerprint density at radius 2 is 1.70 bits per heavy atom. The summed E-state index contributed by atoms with van der Waals surface area (Å²) in [5.41, 5.74) is 1.06. The molecule has 1 N–H and O–H groups in total. The second-order valence-electron chi connectivity index (χ2n) is 6.72. The molecular weight excluding hydrogens is 283 g/mol. The van der Waals surface area contributed by atoms with Gasteiger partial charge in [-0.05, 0) is 31.8 Å². The number of ketones is 1. The molecule has 0 aromatic rings. The molecule has 0 spiro atoms. The van der Waals surface area contributed by atoms with Gasteiger partial charge in [-0.2, -0.15) is 0 Å². The van der Waals surface area contributed by atoms with Crippen LogP contribution in [0.25, 0.3) is 5.32 Å². The Bertz CT molecular complexity index is 400. The molecule has 0 saturated carbocycles. The SMILES string of the molecule is CC(C)[N-]C(C)C.O=C1C=C(C2CCCCNC2=O)CCC1.[Li+]. The van der Waals surface area contributed by atoms with Crippen molar-refractivity contribution in [2.45, 2.75) is 78.3 Å². The van der Waals surface area contributed by atoms with Crippen molar-refractivity contribution in [1.29, 1.82) is 0 Å². The van der Waals surface area contributed by atoms with Crippen LogP contribution in [0.15, 0.2) is 11.6 Å². The van der Waals surface area contributed by atoms with Gasteiger partial charge in [0.25, 0.3) is 0 Å². The van der Waals surface area contributed by atoms with Gasteiger partial charge < -0.3 is 10.6 Å². The van der Waals surface area contributed by atoms with Gasteiger partial charge in [-0.1, -0.05) is 39.7 Å². The van der Waals surface area contributed by atoms with Crippen LogP contribution in [-0.4, -0.2) is 30.3 Å². The quantitative estimate of drug-likeness (QED) is 0.782. The molecule has 0 radical (unpaired) electrons. The molecule has 4 nitrogen and oxygen atoms in total. The molecule has 23 heavy (non-hydrogen) atoms. The minimum absolute atomic E-state index is 0. The number of hydrogen-bond acceptors (Lipinski definition) is 2. The van der Waals surface area contributed by atoms with Crippen LogP contribution in [0.2, 0.25) is 0 Å². The van der Waals surface area contributed by atoms with Crippen molar-refractivity contribution in [3.63, 3.8) is 0 Å². The molecule has 1 aliphatic carbocycles. The number of nitrogens with one attached hydrogen (secondary N) is 1. The van der Waals surface area contributed by atoms with Crippen LogP contribution in [0, 0.1) is 5.92 Å². The second kappa shape index (κ2) is 11.9. The fourth-order valence-electron chi connectivity index (χ4n) is 2.98. The zero-order valence-corrected chi connectivity index (χ0v) is 15.5. The smallest absolute Gasteiger partial charge is 0.658 e. The van der Waals surface area contributed by atoms with E-state index < -0.39 is 0 Å². The molecule has 1 amide bonds. The predicted octanol–water partition coefficient (Wildman–Crippen LogP) is 0.763.